The average Bonchev–Trinajstić information content (AvgIpc) is 3.22. The molecular weight excluding hydrogens is 437 g/mol. The van der Waals surface area contributed by atoms with Crippen LogP contribution in [0.5, 0.6) is 0 Å². The molecule has 3 rings (SSSR count). The number of aromatic nitrogens is 2. The van der Waals surface area contributed by atoms with E-state index in [1.165, 1.54) is 4.90 Å². The molecule has 1 aliphatic rings. The number of amides is 2. The first-order chi connectivity index (χ1) is 13.0. The molecule has 2 amide bonds. The molecule has 1 aromatic carbocycles. The second-order valence-corrected chi connectivity index (χ2v) is 7.09. The molecule has 1 aliphatic heterocycles. The molecule has 1 N–H and O–H groups in total. The van der Waals surface area contributed by atoms with Gasteiger partial charge in [0.2, 0.25) is 11.8 Å². The summed E-state index contributed by atoms with van der Waals surface area (Å²) in [5.74, 6) is -0.249. The number of carbonyl (C=O) groups excluding carboxylic acids is 2. The molecule has 2 aromatic rings. The summed E-state index contributed by atoms with van der Waals surface area (Å²) in [5, 5.41) is 8.05. The van der Waals surface area contributed by atoms with Crippen LogP contribution in [0.2, 0.25) is 5.02 Å². The zero-order valence-corrected chi connectivity index (χ0v) is 18.7. The van der Waals surface area contributed by atoms with Crippen LogP contribution in [0.15, 0.2) is 42.7 Å². The lowest BCUT2D eigenvalue weighted by atomic mass is 10.0. The molecule has 0 saturated carbocycles. The number of nitrogens with zero attached hydrogens (tertiary/aromatic N) is 4. The number of hydrogen-bond donors (Lipinski definition) is 1. The molecule has 1 fully saturated rings. The third-order valence-electron chi connectivity index (χ3n) is 4.86. The van der Waals surface area contributed by atoms with Crippen LogP contribution in [0.25, 0.3) is 0 Å². The molecule has 7 nitrogen and oxygen atoms in total. The van der Waals surface area contributed by atoms with Gasteiger partial charge in [0, 0.05) is 44.1 Å². The van der Waals surface area contributed by atoms with Crippen LogP contribution in [0.1, 0.15) is 24.6 Å². The van der Waals surface area contributed by atoms with Gasteiger partial charge in [-0.2, -0.15) is 5.10 Å². The number of benzene rings is 1. The molecular formula is C19H26Cl3N5O2. The van der Waals surface area contributed by atoms with Gasteiger partial charge in [0.1, 0.15) is 6.04 Å². The molecule has 0 aliphatic carbocycles. The van der Waals surface area contributed by atoms with Crippen molar-refractivity contribution in [3.05, 3.63) is 53.3 Å². The Bertz CT molecular complexity index is 803. The molecule has 29 heavy (non-hydrogen) atoms. The Labute approximate surface area is 188 Å². The Hall–Kier alpha value is -1.80. The highest BCUT2D eigenvalue weighted by atomic mass is 35.5. The Kier molecular flexibility index (Phi) is 9.92. The van der Waals surface area contributed by atoms with Crippen molar-refractivity contribution in [1.29, 1.82) is 0 Å². The lowest BCUT2D eigenvalue weighted by Gasteiger charge is -2.38. The predicted octanol–water partition coefficient (Wildman–Crippen LogP) is 2.57. The lowest BCUT2D eigenvalue weighted by Crippen LogP contribution is -2.52. The number of hydrogen-bond acceptors (Lipinski definition) is 4. The van der Waals surface area contributed by atoms with Crippen molar-refractivity contribution in [2.24, 2.45) is 0 Å². The van der Waals surface area contributed by atoms with Crippen molar-refractivity contribution in [3.8, 4) is 0 Å². The zero-order chi connectivity index (χ0) is 19.4. The molecule has 0 bridgehead atoms. The van der Waals surface area contributed by atoms with E-state index in [2.05, 4.69) is 10.4 Å². The highest BCUT2D eigenvalue weighted by Crippen LogP contribution is 2.28. The summed E-state index contributed by atoms with van der Waals surface area (Å²) in [7, 11) is 1.65. The fourth-order valence-electron chi connectivity index (χ4n) is 3.34. The molecule has 10 heteroatoms. The summed E-state index contributed by atoms with van der Waals surface area (Å²) in [6.07, 6.45) is 3.37. The van der Waals surface area contributed by atoms with E-state index in [-0.39, 0.29) is 49.2 Å². The Morgan fingerprint density at radius 3 is 2.69 bits per heavy atom. The molecule has 2 unspecified atom stereocenters. The van der Waals surface area contributed by atoms with Crippen LogP contribution >= 0.6 is 36.4 Å². The average molecular weight is 463 g/mol. The first kappa shape index (κ1) is 25.2. The molecule has 160 valence electrons. The minimum absolute atomic E-state index is 0. The largest absolute Gasteiger partial charge is 0.335 e. The molecule has 2 heterocycles. The lowest BCUT2D eigenvalue weighted by molar-refractivity contribution is -0.143. The summed E-state index contributed by atoms with van der Waals surface area (Å²) >= 11 is 6.34. The molecule has 2 atom stereocenters. The maximum Gasteiger partial charge on any atom is 0.247 e. The van der Waals surface area contributed by atoms with E-state index in [0.717, 1.165) is 5.56 Å². The summed E-state index contributed by atoms with van der Waals surface area (Å²) in [5.41, 5.74) is 0.915. The Morgan fingerprint density at radius 2 is 2.03 bits per heavy atom. The van der Waals surface area contributed by atoms with Crippen LogP contribution in [0.4, 0.5) is 0 Å². The fraction of sp³-hybridized carbons (Fsp3) is 0.421. The van der Waals surface area contributed by atoms with Gasteiger partial charge >= 0.3 is 0 Å². The van der Waals surface area contributed by atoms with Crippen LogP contribution in [0, 0.1) is 0 Å². The van der Waals surface area contributed by atoms with Gasteiger partial charge in [-0.1, -0.05) is 29.8 Å². The first-order valence-corrected chi connectivity index (χ1v) is 9.35. The van der Waals surface area contributed by atoms with E-state index in [4.69, 9.17) is 11.6 Å². The molecule has 1 saturated heterocycles. The summed E-state index contributed by atoms with van der Waals surface area (Å²) in [4.78, 5) is 28.8. The number of rotatable bonds is 5. The van der Waals surface area contributed by atoms with Gasteiger partial charge in [-0.05, 0) is 24.6 Å². The van der Waals surface area contributed by atoms with Crippen molar-refractivity contribution in [3.63, 3.8) is 0 Å². The highest BCUT2D eigenvalue weighted by molar-refractivity contribution is 6.31. The molecule has 1 aromatic heterocycles. The van der Waals surface area contributed by atoms with Gasteiger partial charge in [0.15, 0.2) is 0 Å². The fourth-order valence-corrected chi connectivity index (χ4v) is 3.60. The van der Waals surface area contributed by atoms with E-state index >= 15 is 0 Å². The second-order valence-electron chi connectivity index (χ2n) is 6.68. The van der Waals surface area contributed by atoms with Crippen LogP contribution in [0.3, 0.4) is 0 Å². The predicted molar refractivity (Wildman–Crippen MR) is 118 cm³/mol. The van der Waals surface area contributed by atoms with E-state index in [9.17, 15) is 9.59 Å². The number of halogens is 3. The number of likely N-dealkylation sites (N-methyl/N-ethyl adjacent to an activating group) is 1. The standard InChI is InChI=1S/C19H24ClN5O2.2ClH/c1-14(25-10-5-8-22-25)19(27)23(2)13-18(26)24-11-9-21-12-17(24)15-6-3-4-7-16(15)20;;/h3-8,10,14,17,21H,9,11-13H2,1-2H3;2*1H. The van der Waals surface area contributed by atoms with Gasteiger partial charge in [-0.25, -0.2) is 0 Å². The molecule has 0 spiro atoms. The third kappa shape index (κ3) is 5.85. The maximum absolute atomic E-state index is 13.0. The summed E-state index contributed by atoms with van der Waals surface area (Å²) in [6.45, 7) is 3.72. The normalized spacial score (nSPS) is 16.9. The van der Waals surface area contributed by atoms with Crippen molar-refractivity contribution in [1.82, 2.24) is 24.9 Å². The first-order valence-electron chi connectivity index (χ1n) is 8.97. The van der Waals surface area contributed by atoms with Crippen molar-refractivity contribution >= 4 is 48.2 Å². The molecule has 0 radical (unpaired) electrons. The maximum atomic E-state index is 13.0. The highest BCUT2D eigenvalue weighted by Gasteiger charge is 2.31. The van der Waals surface area contributed by atoms with Gasteiger partial charge in [-0.15, -0.1) is 24.8 Å². The zero-order valence-electron chi connectivity index (χ0n) is 16.3. The summed E-state index contributed by atoms with van der Waals surface area (Å²) in [6, 6.07) is 8.72. The van der Waals surface area contributed by atoms with Gasteiger partial charge in [0.25, 0.3) is 0 Å². The van der Waals surface area contributed by atoms with Crippen molar-refractivity contribution in [2.45, 2.75) is 19.0 Å². The van der Waals surface area contributed by atoms with Crippen LogP contribution in [-0.2, 0) is 9.59 Å². The SMILES string of the molecule is CC(C(=O)N(C)CC(=O)N1CCNCC1c1ccccc1Cl)n1cccn1.Cl.Cl. The summed E-state index contributed by atoms with van der Waals surface area (Å²) < 4.78 is 1.58. The van der Waals surface area contributed by atoms with Crippen LogP contribution in [-0.4, -0.2) is 64.6 Å². The van der Waals surface area contributed by atoms with E-state index in [1.54, 1.807) is 42.0 Å². The van der Waals surface area contributed by atoms with Gasteiger partial charge < -0.3 is 15.1 Å². The number of carbonyl (C=O) groups is 2. The van der Waals surface area contributed by atoms with E-state index in [1.807, 2.05) is 24.3 Å². The Morgan fingerprint density at radius 1 is 1.31 bits per heavy atom. The van der Waals surface area contributed by atoms with Gasteiger partial charge in [0.05, 0.1) is 12.6 Å². The minimum atomic E-state index is -0.458. The van der Waals surface area contributed by atoms with Crippen molar-refractivity contribution < 1.29 is 9.59 Å². The van der Waals surface area contributed by atoms with E-state index < -0.39 is 6.04 Å². The third-order valence-corrected chi connectivity index (χ3v) is 5.20. The topological polar surface area (TPSA) is 70.5 Å². The Balaban J connectivity index is 0.00000210. The van der Waals surface area contributed by atoms with Crippen LogP contribution < -0.4 is 5.32 Å². The smallest absolute Gasteiger partial charge is 0.247 e. The number of piperazine rings is 1. The van der Waals surface area contributed by atoms with Crippen molar-refractivity contribution in [2.75, 3.05) is 33.2 Å². The quantitative estimate of drug-likeness (QED) is 0.741. The number of nitrogens with one attached hydrogen (secondary N) is 1. The second kappa shape index (κ2) is 11.4. The monoisotopic (exact) mass is 461 g/mol. The van der Waals surface area contributed by atoms with Gasteiger partial charge in [-0.3, -0.25) is 14.3 Å². The van der Waals surface area contributed by atoms with E-state index in [0.29, 0.717) is 24.7 Å². The minimum Gasteiger partial charge on any atom is -0.335 e.